The van der Waals surface area contributed by atoms with Crippen LogP contribution in [0.2, 0.25) is 0 Å². The Kier molecular flexibility index (Phi) is 4.67. The van der Waals surface area contributed by atoms with E-state index in [0.29, 0.717) is 11.2 Å². The Hall–Kier alpha value is -1.02. The minimum atomic E-state index is 0.109. The Morgan fingerprint density at radius 1 is 1.00 bits per heavy atom. The van der Waals surface area contributed by atoms with Gasteiger partial charge in [0, 0.05) is 12.1 Å². The monoisotopic (exact) mass is 263 g/mol. The summed E-state index contributed by atoms with van der Waals surface area (Å²) in [6.07, 6.45) is 1.12. The predicted molar refractivity (Wildman–Crippen MR) is 82.6 cm³/mol. The van der Waals surface area contributed by atoms with Crippen molar-refractivity contribution in [3.8, 4) is 5.75 Å². The molecule has 0 aromatic heterocycles. The summed E-state index contributed by atoms with van der Waals surface area (Å²) in [5.74, 6) is 0.415. The summed E-state index contributed by atoms with van der Waals surface area (Å²) < 4.78 is 0. The predicted octanol–water partition coefficient (Wildman–Crippen LogP) is 4.31. The maximum Gasteiger partial charge on any atom is 0.121 e. The first-order chi connectivity index (χ1) is 8.50. The van der Waals surface area contributed by atoms with Gasteiger partial charge < -0.3 is 10.4 Å². The van der Waals surface area contributed by atoms with E-state index in [1.165, 1.54) is 5.56 Å². The van der Waals surface area contributed by atoms with Crippen molar-refractivity contribution in [3.05, 3.63) is 28.8 Å². The van der Waals surface area contributed by atoms with E-state index >= 15 is 0 Å². The first-order valence-corrected chi connectivity index (χ1v) is 7.04. The Bertz CT molecular complexity index is 418. The maximum atomic E-state index is 9.79. The number of benzene rings is 1. The molecule has 0 unspecified atom stereocenters. The molecule has 2 N–H and O–H groups in total. The average Bonchev–Trinajstić information content (AvgIpc) is 2.19. The molecule has 0 heterocycles. The Morgan fingerprint density at radius 2 is 1.47 bits per heavy atom. The molecule has 0 atom stereocenters. The number of rotatable bonds is 4. The van der Waals surface area contributed by atoms with Crippen molar-refractivity contribution in [1.29, 1.82) is 0 Å². The van der Waals surface area contributed by atoms with Gasteiger partial charge in [-0.2, -0.15) is 0 Å². The van der Waals surface area contributed by atoms with Gasteiger partial charge in [0.15, 0.2) is 0 Å². The van der Waals surface area contributed by atoms with Crippen molar-refractivity contribution in [2.45, 2.75) is 67.0 Å². The molecule has 0 aliphatic heterocycles. The highest BCUT2D eigenvalue weighted by atomic mass is 16.3. The third-order valence-corrected chi connectivity index (χ3v) is 3.29. The molecule has 108 valence electrons. The van der Waals surface area contributed by atoms with Crippen LogP contribution in [0.15, 0.2) is 12.1 Å². The van der Waals surface area contributed by atoms with E-state index in [-0.39, 0.29) is 5.54 Å². The molecule has 0 spiro atoms. The first-order valence-electron chi connectivity index (χ1n) is 7.04. The molecule has 0 amide bonds. The van der Waals surface area contributed by atoms with Gasteiger partial charge in [-0.05, 0) is 56.2 Å². The van der Waals surface area contributed by atoms with Crippen LogP contribution < -0.4 is 5.32 Å². The second-order valence-electron chi connectivity index (χ2n) is 7.55. The van der Waals surface area contributed by atoms with E-state index in [1.54, 1.807) is 0 Å². The highest BCUT2D eigenvalue weighted by Gasteiger charge is 2.24. The van der Waals surface area contributed by atoms with Crippen LogP contribution in [0.5, 0.6) is 5.75 Å². The zero-order chi connectivity index (χ0) is 14.8. The summed E-state index contributed by atoms with van der Waals surface area (Å²) in [4.78, 5) is 0. The second-order valence-corrected chi connectivity index (χ2v) is 7.55. The van der Waals surface area contributed by atoms with Gasteiger partial charge in [0.1, 0.15) is 5.75 Å². The van der Waals surface area contributed by atoms with Crippen LogP contribution in [0.3, 0.4) is 0 Å². The van der Waals surface area contributed by atoms with E-state index in [9.17, 15) is 5.11 Å². The Labute approximate surface area is 118 Å². The minimum Gasteiger partial charge on any atom is -0.507 e. The Morgan fingerprint density at radius 3 is 1.89 bits per heavy atom. The summed E-state index contributed by atoms with van der Waals surface area (Å²) in [5, 5.41) is 13.4. The van der Waals surface area contributed by atoms with E-state index in [1.807, 2.05) is 13.8 Å². The summed E-state index contributed by atoms with van der Waals surface area (Å²) in [7, 11) is 0. The van der Waals surface area contributed by atoms with Crippen LogP contribution in [0.25, 0.3) is 0 Å². The number of aryl methyl sites for hydroxylation is 2. The zero-order valence-electron chi connectivity index (χ0n) is 13.5. The maximum absolute atomic E-state index is 9.79. The molecule has 1 rings (SSSR count). The summed E-state index contributed by atoms with van der Waals surface area (Å²) in [5.41, 5.74) is 3.56. The third kappa shape index (κ3) is 5.23. The molecule has 2 heteroatoms. The van der Waals surface area contributed by atoms with E-state index in [4.69, 9.17) is 0 Å². The number of hydrogen-bond donors (Lipinski definition) is 2. The van der Waals surface area contributed by atoms with Gasteiger partial charge in [0.05, 0.1) is 0 Å². The van der Waals surface area contributed by atoms with Gasteiger partial charge in [-0.15, -0.1) is 0 Å². The van der Waals surface area contributed by atoms with Crippen molar-refractivity contribution >= 4 is 0 Å². The number of nitrogens with one attached hydrogen (secondary N) is 1. The zero-order valence-corrected chi connectivity index (χ0v) is 13.5. The molecule has 0 radical (unpaired) electrons. The lowest BCUT2D eigenvalue weighted by molar-refractivity contribution is 0.240. The molecule has 0 aliphatic carbocycles. The largest absolute Gasteiger partial charge is 0.507 e. The fourth-order valence-corrected chi connectivity index (χ4v) is 2.88. The molecular weight excluding hydrogens is 234 g/mol. The third-order valence-electron chi connectivity index (χ3n) is 3.29. The normalized spacial score (nSPS) is 12.8. The van der Waals surface area contributed by atoms with Gasteiger partial charge in [-0.25, -0.2) is 0 Å². The van der Waals surface area contributed by atoms with Gasteiger partial charge in [0.2, 0.25) is 0 Å². The lowest BCUT2D eigenvalue weighted by atomic mass is 9.81. The molecule has 1 aromatic carbocycles. The summed E-state index contributed by atoms with van der Waals surface area (Å²) in [6, 6.07) is 4.12. The van der Waals surface area contributed by atoms with Gasteiger partial charge in [0.25, 0.3) is 0 Å². The lowest BCUT2D eigenvalue weighted by Gasteiger charge is -2.33. The van der Waals surface area contributed by atoms with Crippen molar-refractivity contribution in [2.75, 3.05) is 0 Å². The van der Waals surface area contributed by atoms with Crippen LogP contribution in [0.4, 0.5) is 0 Å². The van der Waals surface area contributed by atoms with Crippen molar-refractivity contribution < 1.29 is 5.11 Å². The highest BCUT2D eigenvalue weighted by molar-refractivity contribution is 5.42. The molecular formula is C17H29NO. The minimum absolute atomic E-state index is 0.109. The number of hydrogen-bond acceptors (Lipinski definition) is 2. The molecule has 2 nitrogen and oxygen atoms in total. The molecule has 1 aromatic rings. The van der Waals surface area contributed by atoms with E-state index in [2.05, 4.69) is 52.1 Å². The number of aromatic hydroxyl groups is 1. The van der Waals surface area contributed by atoms with Crippen molar-refractivity contribution in [3.63, 3.8) is 0 Å². The van der Waals surface area contributed by atoms with Crippen LogP contribution in [-0.4, -0.2) is 10.6 Å². The summed E-state index contributed by atoms with van der Waals surface area (Å²) in [6.45, 7) is 16.0. The van der Waals surface area contributed by atoms with E-state index < -0.39 is 0 Å². The fraction of sp³-hybridized carbons (Fsp3) is 0.647. The molecule has 19 heavy (non-hydrogen) atoms. The first kappa shape index (κ1) is 16.0. The SMILES string of the molecule is Cc1cc(CNC(C)(C)CC(C)(C)C)cc(C)c1O. The smallest absolute Gasteiger partial charge is 0.121 e. The van der Waals surface area contributed by atoms with Crippen molar-refractivity contribution in [1.82, 2.24) is 5.32 Å². The van der Waals surface area contributed by atoms with Gasteiger partial charge >= 0.3 is 0 Å². The van der Waals surface area contributed by atoms with Crippen LogP contribution in [0, 0.1) is 19.3 Å². The number of phenolic OH excluding ortho intramolecular Hbond substituents is 1. The summed E-state index contributed by atoms with van der Waals surface area (Å²) >= 11 is 0. The average molecular weight is 263 g/mol. The standard InChI is InChI=1S/C17H29NO/c1-12-8-14(9-13(2)15(12)19)10-18-17(6,7)11-16(3,4)5/h8-9,18-19H,10-11H2,1-7H3. The van der Waals surface area contributed by atoms with E-state index in [0.717, 1.165) is 24.1 Å². The highest BCUT2D eigenvalue weighted by Crippen LogP contribution is 2.28. The second kappa shape index (κ2) is 5.54. The van der Waals surface area contributed by atoms with Crippen LogP contribution in [0.1, 0.15) is 57.7 Å². The fourth-order valence-electron chi connectivity index (χ4n) is 2.88. The van der Waals surface area contributed by atoms with Gasteiger partial charge in [-0.3, -0.25) is 0 Å². The van der Waals surface area contributed by atoms with Crippen LogP contribution in [-0.2, 0) is 6.54 Å². The molecule has 0 saturated heterocycles. The van der Waals surface area contributed by atoms with Crippen LogP contribution >= 0.6 is 0 Å². The molecule has 0 aliphatic rings. The Balaban J connectivity index is 2.72. The molecule has 0 bridgehead atoms. The topological polar surface area (TPSA) is 32.3 Å². The molecule has 0 fully saturated rings. The number of phenols is 1. The lowest BCUT2D eigenvalue weighted by Crippen LogP contribution is -2.41. The van der Waals surface area contributed by atoms with Crippen molar-refractivity contribution in [2.24, 2.45) is 5.41 Å². The quantitative estimate of drug-likeness (QED) is 0.848. The molecule has 0 saturated carbocycles. The van der Waals surface area contributed by atoms with Gasteiger partial charge in [-0.1, -0.05) is 32.9 Å².